The lowest BCUT2D eigenvalue weighted by Crippen LogP contribution is -2.38. The van der Waals surface area contributed by atoms with E-state index in [0.717, 1.165) is 18.5 Å². The van der Waals surface area contributed by atoms with Gasteiger partial charge in [-0.15, -0.1) is 0 Å². The summed E-state index contributed by atoms with van der Waals surface area (Å²) in [5.41, 5.74) is 1.41. The van der Waals surface area contributed by atoms with E-state index in [1.165, 1.54) is 12.1 Å². The van der Waals surface area contributed by atoms with Crippen molar-refractivity contribution in [2.75, 3.05) is 19.6 Å². The fourth-order valence-corrected chi connectivity index (χ4v) is 2.57. The minimum atomic E-state index is -0.204. The Balaban J connectivity index is 1.75. The van der Waals surface area contributed by atoms with E-state index >= 15 is 0 Å². The molecule has 4 N–H and O–H groups in total. The van der Waals surface area contributed by atoms with Crippen LogP contribution in [0.4, 0.5) is 0 Å². The van der Waals surface area contributed by atoms with Crippen LogP contribution >= 0.6 is 11.6 Å². The van der Waals surface area contributed by atoms with E-state index in [9.17, 15) is 9.90 Å². The first kappa shape index (κ1) is 20.6. The molecule has 1 amide bonds. The highest BCUT2D eigenvalue weighted by Crippen LogP contribution is 2.15. The lowest BCUT2D eigenvalue weighted by atomic mass is 10.2. The predicted octanol–water partition coefficient (Wildman–Crippen LogP) is 2.92. The Labute approximate surface area is 164 Å². The second-order valence-electron chi connectivity index (χ2n) is 5.87. The number of rotatable bonds is 8. The van der Waals surface area contributed by atoms with Gasteiger partial charge in [-0.1, -0.05) is 35.9 Å². The smallest absolute Gasteiger partial charge is 0.251 e. The van der Waals surface area contributed by atoms with Gasteiger partial charge in [-0.2, -0.15) is 0 Å². The number of phenols is 1. The number of halogens is 1. The molecule has 0 aliphatic heterocycles. The van der Waals surface area contributed by atoms with Crippen LogP contribution in [0.5, 0.6) is 5.75 Å². The molecule has 0 aliphatic rings. The Bertz CT molecular complexity index is 780. The SMILES string of the molecule is CCNC(=NCc1ccccc1Cl)NCCCNC(=O)c1cccc(O)c1. The van der Waals surface area contributed by atoms with Crippen LogP contribution < -0.4 is 16.0 Å². The summed E-state index contributed by atoms with van der Waals surface area (Å²) in [6.07, 6.45) is 0.737. The van der Waals surface area contributed by atoms with Crippen LogP contribution in [0.15, 0.2) is 53.5 Å². The molecule has 2 rings (SSSR count). The van der Waals surface area contributed by atoms with Crippen molar-refractivity contribution < 1.29 is 9.90 Å². The first-order valence-electron chi connectivity index (χ1n) is 8.93. The quantitative estimate of drug-likeness (QED) is 0.318. The van der Waals surface area contributed by atoms with Crippen LogP contribution in [-0.4, -0.2) is 36.6 Å². The molecule has 144 valence electrons. The van der Waals surface area contributed by atoms with Crippen LogP contribution in [0.1, 0.15) is 29.3 Å². The minimum Gasteiger partial charge on any atom is -0.508 e. The summed E-state index contributed by atoms with van der Waals surface area (Å²) in [5, 5.41) is 19.4. The average Bonchev–Trinajstić information content (AvgIpc) is 2.66. The standard InChI is InChI=1S/C20H25ClN4O2/c1-2-22-20(25-14-16-7-3-4-10-18(16)21)24-12-6-11-23-19(27)15-8-5-9-17(26)13-15/h3-5,7-10,13,26H,2,6,11-12,14H2,1H3,(H,23,27)(H2,22,24,25). The van der Waals surface area contributed by atoms with Gasteiger partial charge in [0.1, 0.15) is 5.75 Å². The third-order valence-corrected chi connectivity index (χ3v) is 4.12. The van der Waals surface area contributed by atoms with Crippen molar-refractivity contribution in [1.82, 2.24) is 16.0 Å². The minimum absolute atomic E-state index is 0.0781. The second-order valence-corrected chi connectivity index (χ2v) is 6.28. The van der Waals surface area contributed by atoms with Gasteiger partial charge in [0.05, 0.1) is 6.54 Å². The number of guanidine groups is 1. The van der Waals surface area contributed by atoms with Gasteiger partial charge in [0.2, 0.25) is 0 Å². The summed E-state index contributed by atoms with van der Waals surface area (Å²) in [6.45, 7) is 4.42. The van der Waals surface area contributed by atoms with E-state index in [1.54, 1.807) is 12.1 Å². The molecule has 0 radical (unpaired) electrons. The number of carbonyl (C=O) groups is 1. The molecule has 2 aromatic carbocycles. The third-order valence-electron chi connectivity index (χ3n) is 3.75. The van der Waals surface area contributed by atoms with Crippen molar-refractivity contribution >= 4 is 23.5 Å². The molecule has 0 saturated heterocycles. The first-order chi connectivity index (χ1) is 13.1. The molecule has 7 heteroatoms. The van der Waals surface area contributed by atoms with Crippen LogP contribution in [0, 0.1) is 0 Å². The van der Waals surface area contributed by atoms with Crippen molar-refractivity contribution in [3.8, 4) is 5.75 Å². The largest absolute Gasteiger partial charge is 0.508 e. The summed E-state index contributed by atoms with van der Waals surface area (Å²) in [5.74, 6) is 0.580. The van der Waals surface area contributed by atoms with Crippen molar-refractivity contribution in [3.05, 3.63) is 64.7 Å². The number of benzene rings is 2. The molecule has 0 atom stereocenters. The van der Waals surface area contributed by atoms with E-state index < -0.39 is 0 Å². The Kier molecular flexibility index (Phi) is 8.45. The van der Waals surface area contributed by atoms with E-state index in [1.807, 2.05) is 31.2 Å². The molecule has 0 heterocycles. The maximum atomic E-state index is 12.0. The zero-order valence-electron chi connectivity index (χ0n) is 15.3. The zero-order chi connectivity index (χ0) is 19.5. The van der Waals surface area contributed by atoms with Gasteiger partial charge in [-0.3, -0.25) is 4.79 Å². The highest BCUT2D eigenvalue weighted by atomic mass is 35.5. The summed E-state index contributed by atoms with van der Waals surface area (Å²) in [4.78, 5) is 16.5. The summed E-state index contributed by atoms with van der Waals surface area (Å²) < 4.78 is 0. The van der Waals surface area contributed by atoms with Crippen LogP contribution in [0.25, 0.3) is 0 Å². The van der Waals surface area contributed by atoms with Gasteiger partial charge in [0, 0.05) is 30.2 Å². The fraction of sp³-hybridized carbons (Fsp3) is 0.300. The van der Waals surface area contributed by atoms with Gasteiger partial charge in [-0.05, 0) is 43.2 Å². The lowest BCUT2D eigenvalue weighted by Gasteiger charge is -2.12. The molecule has 0 aliphatic carbocycles. The Morgan fingerprint density at radius 1 is 1.07 bits per heavy atom. The molecule has 0 aromatic heterocycles. The van der Waals surface area contributed by atoms with Gasteiger partial charge in [0.25, 0.3) is 5.91 Å². The number of aromatic hydroxyl groups is 1. The molecule has 27 heavy (non-hydrogen) atoms. The number of nitrogens with zero attached hydrogens (tertiary/aromatic N) is 1. The second kappa shape index (κ2) is 11.1. The predicted molar refractivity (Wildman–Crippen MR) is 109 cm³/mol. The molecule has 6 nitrogen and oxygen atoms in total. The molecule has 0 bridgehead atoms. The van der Waals surface area contributed by atoms with Gasteiger partial charge in [0.15, 0.2) is 5.96 Å². The Morgan fingerprint density at radius 2 is 1.85 bits per heavy atom. The van der Waals surface area contributed by atoms with Crippen LogP contribution in [0.2, 0.25) is 5.02 Å². The molecule has 0 saturated carbocycles. The van der Waals surface area contributed by atoms with E-state index in [-0.39, 0.29) is 11.7 Å². The third kappa shape index (κ3) is 7.19. The highest BCUT2D eigenvalue weighted by Gasteiger charge is 2.05. The number of hydrogen-bond acceptors (Lipinski definition) is 3. The number of aliphatic imine (C=N–C) groups is 1. The van der Waals surface area contributed by atoms with Gasteiger partial charge < -0.3 is 21.1 Å². The van der Waals surface area contributed by atoms with Crippen molar-refractivity contribution in [3.63, 3.8) is 0 Å². The molecular formula is C20H25ClN4O2. The first-order valence-corrected chi connectivity index (χ1v) is 9.30. The Morgan fingerprint density at radius 3 is 2.59 bits per heavy atom. The number of nitrogens with one attached hydrogen (secondary N) is 3. The number of hydrogen-bond donors (Lipinski definition) is 4. The van der Waals surface area contributed by atoms with E-state index in [4.69, 9.17) is 11.6 Å². The normalized spacial score (nSPS) is 11.1. The maximum absolute atomic E-state index is 12.0. The maximum Gasteiger partial charge on any atom is 0.251 e. The summed E-state index contributed by atoms with van der Waals surface area (Å²) in [7, 11) is 0. The monoisotopic (exact) mass is 388 g/mol. The van der Waals surface area contributed by atoms with Crippen LogP contribution in [-0.2, 0) is 6.54 Å². The number of carbonyl (C=O) groups excluding carboxylic acids is 1. The molecule has 0 unspecified atom stereocenters. The fourth-order valence-electron chi connectivity index (χ4n) is 2.38. The molecular weight excluding hydrogens is 364 g/mol. The van der Waals surface area contributed by atoms with Gasteiger partial charge >= 0.3 is 0 Å². The van der Waals surface area contributed by atoms with E-state index in [2.05, 4.69) is 20.9 Å². The van der Waals surface area contributed by atoms with Crippen LogP contribution in [0.3, 0.4) is 0 Å². The zero-order valence-corrected chi connectivity index (χ0v) is 16.1. The van der Waals surface area contributed by atoms with Gasteiger partial charge in [-0.25, -0.2) is 4.99 Å². The number of phenolic OH excluding ortho intramolecular Hbond substituents is 1. The highest BCUT2D eigenvalue weighted by molar-refractivity contribution is 6.31. The van der Waals surface area contributed by atoms with Crippen molar-refractivity contribution in [2.24, 2.45) is 4.99 Å². The number of amides is 1. The van der Waals surface area contributed by atoms with Crippen molar-refractivity contribution in [1.29, 1.82) is 0 Å². The Hall–Kier alpha value is -2.73. The molecule has 2 aromatic rings. The lowest BCUT2D eigenvalue weighted by molar-refractivity contribution is 0.0953. The average molecular weight is 389 g/mol. The summed E-state index contributed by atoms with van der Waals surface area (Å²) in [6, 6.07) is 13.9. The topological polar surface area (TPSA) is 85.8 Å². The van der Waals surface area contributed by atoms with E-state index in [0.29, 0.717) is 36.2 Å². The summed E-state index contributed by atoms with van der Waals surface area (Å²) >= 11 is 6.15. The molecule has 0 spiro atoms. The molecule has 0 fully saturated rings. The van der Waals surface area contributed by atoms with Crippen molar-refractivity contribution in [2.45, 2.75) is 19.9 Å².